The van der Waals surface area contributed by atoms with Crippen LogP contribution in [0.3, 0.4) is 0 Å². The number of non-ortho nitro benzene ring substituents is 1. The van der Waals surface area contributed by atoms with Crippen molar-refractivity contribution < 1.29 is 43.0 Å². The molecule has 0 radical (unpaired) electrons. The molecular weight excluding hydrogens is 612 g/mol. The minimum Gasteiger partial charge on any atom is -0.505 e. The average Bonchev–Trinajstić information content (AvgIpc) is 3.01. The molecule has 228 valence electrons. The number of amides is 1. The molecular formula is C28H20N6O10S. The summed E-state index contributed by atoms with van der Waals surface area (Å²) in [6.45, 7) is 1.56. The van der Waals surface area contributed by atoms with Gasteiger partial charge in [0.2, 0.25) is 5.91 Å². The van der Waals surface area contributed by atoms with Crippen LogP contribution in [-0.2, 0) is 14.8 Å². The fourth-order valence-corrected chi connectivity index (χ4v) is 5.21. The van der Waals surface area contributed by atoms with Crippen molar-refractivity contribution >= 4 is 67.1 Å². The summed E-state index contributed by atoms with van der Waals surface area (Å²) in [7, 11) is -4.68. The van der Waals surface area contributed by atoms with Crippen LogP contribution < -0.4 is 10.0 Å². The topological polar surface area (TPSA) is 262 Å². The number of aromatic carboxylic acids is 2. The van der Waals surface area contributed by atoms with E-state index in [1.54, 1.807) is 13.0 Å². The fraction of sp³-hybridized carbons (Fsp3) is 0.0714. The van der Waals surface area contributed by atoms with Gasteiger partial charge >= 0.3 is 11.9 Å². The van der Waals surface area contributed by atoms with Gasteiger partial charge in [-0.3, -0.25) is 19.6 Å². The third-order valence-corrected chi connectivity index (χ3v) is 7.58. The molecule has 4 aromatic rings. The number of benzene rings is 4. The second-order valence-corrected chi connectivity index (χ2v) is 10.8. The van der Waals surface area contributed by atoms with Gasteiger partial charge < -0.3 is 20.6 Å². The van der Waals surface area contributed by atoms with Crippen molar-refractivity contribution in [1.29, 1.82) is 5.26 Å². The number of hydrogen-bond donors (Lipinski definition) is 5. The standard InChI is InChI=1S/C28H20N6O10S/c1-2-24(35)30-23-12-22(32-31-20-7-6-17(34(41)42)9-16(20)13-29)25-19(26(23)36)4-3-5-21(25)33-45(43,44)18-10-14(27(37)38)8-15(11-18)28(39)40/h3-12,33,36H,2H2,1H3,(H,30,35)(H,37,38)(H,39,40)/b32-31+. The summed E-state index contributed by atoms with van der Waals surface area (Å²) in [5.74, 6) is -4.10. The maximum Gasteiger partial charge on any atom is 0.335 e. The number of carboxylic acid groups (broad SMARTS) is 2. The number of azo groups is 1. The molecule has 4 aromatic carbocycles. The number of aromatic hydroxyl groups is 1. The van der Waals surface area contributed by atoms with E-state index in [0.29, 0.717) is 0 Å². The molecule has 0 fully saturated rings. The number of nitro benzene ring substituents is 1. The van der Waals surface area contributed by atoms with Crippen molar-refractivity contribution in [2.75, 3.05) is 10.0 Å². The highest BCUT2D eigenvalue weighted by atomic mass is 32.2. The number of carbonyl (C=O) groups excluding carboxylic acids is 1. The third kappa shape index (κ3) is 6.65. The molecule has 0 spiro atoms. The van der Waals surface area contributed by atoms with E-state index < -0.39 is 54.6 Å². The van der Waals surface area contributed by atoms with E-state index in [4.69, 9.17) is 0 Å². The molecule has 5 N–H and O–H groups in total. The number of phenolic OH excluding ortho intramolecular Hbond substituents is 1. The lowest BCUT2D eigenvalue weighted by atomic mass is 10.0. The average molecular weight is 633 g/mol. The van der Waals surface area contributed by atoms with E-state index in [1.807, 2.05) is 0 Å². The summed E-state index contributed by atoms with van der Waals surface area (Å²) in [6.07, 6.45) is 0.0379. The van der Waals surface area contributed by atoms with Crippen LogP contribution in [0, 0.1) is 21.4 Å². The second kappa shape index (κ2) is 12.4. The summed E-state index contributed by atoms with van der Waals surface area (Å²) in [5.41, 5.74) is -2.35. The summed E-state index contributed by atoms with van der Waals surface area (Å²) >= 11 is 0. The van der Waals surface area contributed by atoms with Crippen LogP contribution >= 0.6 is 0 Å². The van der Waals surface area contributed by atoms with E-state index >= 15 is 0 Å². The zero-order chi connectivity index (χ0) is 33.1. The van der Waals surface area contributed by atoms with Crippen molar-refractivity contribution in [1.82, 2.24) is 0 Å². The molecule has 0 aromatic heterocycles. The largest absolute Gasteiger partial charge is 0.505 e. The first-order valence-corrected chi connectivity index (χ1v) is 14.1. The first-order chi connectivity index (χ1) is 21.2. The van der Waals surface area contributed by atoms with Gasteiger partial charge in [-0.05, 0) is 36.4 Å². The fourth-order valence-electron chi connectivity index (χ4n) is 4.07. The summed E-state index contributed by atoms with van der Waals surface area (Å²) in [6, 6.07) is 12.5. The number of fused-ring (bicyclic) bond motifs is 1. The van der Waals surface area contributed by atoms with Gasteiger partial charge in [0.05, 0.1) is 43.6 Å². The predicted octanol–water partition coefficient (Wildman–Crippen LogP) is 5.29. The van der Waals surface area contributed by atoms with E-state index in [2.05, 4.69) is 20.3 Å². The molecule has 45 heavy (non-hydrogen) atoms. The maximum atomic E-state index is 13.4. The van der Waals surface area contributed by atoms with E-state index in [9.17, 15) is 53.5 Å². The number of phenols is 1. The van der Waals surface area contributed by atoms with Crippen LogP contribution in [0.2, 0.25) is 0 Å². The number of nitriles is 1. The molecule has 0 unspecified atom stereocenters. The van der Waals surface area contributed by atoms with Crippen LogP contribution in [0.5, 0.6) is 5.75 Å². The Kier molecular flexibility index (Phi) is 8.72. The Balaban J connectivity index is 1.93. The van der Waals surface area contributed by atoms with Crippen LogP contribution in [0.15, 0.2) is 75.8 Å². The van der Waals surface area contributed by atoms with Crippen LogP contribution in [0.25, 0.3) is 10.8 Å². The molecule has 17 heteroatoms. The lowest BCUT2D eigenvalue weighted by Gasteiger charge is -2.16. The normalized spacial score (nSPS) is 11.2. The Morgan fingerprint density at radius 3 is 2.18 bits per heavy atom. The minimum absolute atomic E-state index is 0.0206. The number of carbonyl (C=O) groups is 3. The molecule has 0 saturated heterocycles. The molecule has 1 amide bonds. The van der Waals surface area contributed by atoms with Gasteiger partial charge in [0.15, 0.2) is 0 Å². The number of anilines is 2. The first-order valence-electron chi connectivity index (χ1n) is 12.6. The number of sulfonamides is 1. The van der Waals surface area contributed by atoms with E-state index in [1.165, 1.54) is 30.3 Å². The van der Waals surface area contributed by atoms with E-state index in [-0.39, 0.29) is 51.2 Å². The molecule has 0 aliphatic carbocycles. The molecule has 4 rings (SSSR count). The van der Waals surface area contributed by atoms with Gasteiger partial charge in [-0.2, -0.15) is 5.26 Å². The third-order valence-electron chi connectivity index (χ3n) is 6.24. The quantitative estimate of drug-likeness (QED) is 0.0649. The minimum atomic E-state index is -4.68. The van der Waals surface area contributed by atoms with Crippen LogP contribution in [0.4, 0.5) is 28.4 Å². The van der Waals surface area contributed by atoms with Crippen molar-refractivity contribution in [3.63, 3.8) is 0 Å². The monoisotopic (exact) mass is 632 g/mol. The second-order valence-electron chi connectivity index (χ2n) is 9.15. The molecule has 16 nitrogen and oxygen atoms in total. The molecule has 0 saturated carbocycles. The number of hydrogen-bond acceptors (Lipinski definition) is 11. The number of carboxylic acids is 2. The Bertz CT molecular complexity index is 2070. The lowest BCUT2D eigenvalue weighted by molar-refractivity contribution is -0.384. The maximum absolute atomic E-state index is 13.4. The predicted molar refractivity (Wildman–Crippen MR) is 158 cm³/mol. The highest BCUT2D eigenvalue weighted by Crippen LogP contribution is 2.44. The van der Waals surface area contributed by atoms with Crippen molar-refractivity contribution in [2.24, 2.45) is 10.2 Å². The van der Waals surface area contributed by atoms with Gasteiger partial charge in [0.25, 0.3) is 15.7 Å². The van der Waals surface area contributed by atoms with Crippen LogP contribution in [0.1, 0.15) is 39.6 Å². The SMILES string of the molecule is CCC(=O)Nc1cc(/N=N/c2ccc([N+](=O)[O-])cc2C#N)c2c(NS(=O)(=O)c3cc(C(=O)O)cc(C(=O)O)c3)cccc2c1O. The zero-order valence-electron chi connectivity index (χ0n) is 22.9. The highest BCUT2D eigenvalue weighted by Gasteiger charge is 2.23. The smallest absolute Gasteiger partial charge is 0.335 e. The zero-order valence-corrected chi connectivity index (χ0v) is 23.7. The van der Waals surface area contributed by atoms with Gasteiger partial charge in [-0.15, -0.1) is 10.2 Å². The first kappa shape index (κ1) is 31.5. The number of nitro groups is 1. The molecule has 0 aliphatic heterocycles. The summed E-state index contributed by atoms with van der Waals surface area (Å²) in [5, 5.41) is 60.9. The Labute approximate surface area is 253 Å². The molecule has 0 aliphatic rings. The Morgan fingerprint density at radius 1 is 0.956 bits per heavy atom. The summed E-state index contributed by atoms with van der Waals surface area (Å²) < 4.78 is 29.1. The molecule has 0 heterocycles. The molecule has 0 atom stereocenters. The number of nitrogens with one attached hydrogen (secondary N) is 2. The van der Waals surface area contributed by atoms with Gasteiger partial charge in [0, 0.05) is 29.3 Å². The number of nitrogens with zero attached hydrogens (tertiary/aromatic N) is 4. The van der Waals surface area contributed by atoms with Crippen molar-refractivity contribution in [2.45, 2.75) is 18.2 Å². The highest BCUT2D eigenvalue weighted by molar-refractivity contribution is 7.92. The van der Waals surface area contributed by atoms with Crippen molar-refractivity contribution in [3.05, 3.63) is 87.5 Å². The summed E-state index contributed by atoms with van der Waals surface area (Å²) in [4.78, 5) is 45.0. The van der Waals surface area contributed by atoms with Gasteiger partial charge in [-0.1, -0.05) is 19.1 Å². The van der Waals surface area contributed by atoms with Gasteiger partial charge in [-0.25, -0.2) is 18.0 Å². The van der Waals surface area contributed by atoms with Crippen LogP contribution in [-0.4, -0.2) is 46.5 Å². The Hall–Kier alpha value is -6.41. The van der Waals surface area contributed by atoms with Crippen molar-refractivity contribution in [3.8, 4) is 11.8 Å². The lowest BCUT2D eigenvalue weighted by Crippen LogP contribution is -2.15. The number of rotatable bonds is 10. The Morgan fingerprint density at radius 2 is 1.60 bits per heavy atom. The van der Waals surface area contributed by atoms with E-state index in [0.717, 1.165) is 30.3 Å². The van der Waals surface area contributed by atoms with Gasteiger partial charge in [0.1, 0.15) is 17.5 Å². The molecule has 0 bridgehead atoms.